The van der Waals surface area contributed by atoms with Gasteiger partial charge >= 0.3 is 0 Å². The number of rotatable bonds is 4. The Balaban J connectivity index is 1.93. The first-order chi connectivity index (χ1) is 13.1. The second kappa shape index (κ2) is 7.39. The lowest BCUT2D eigenvalue weighted by Crippen LogP contribution is -2.02. The summed E-state index contributed by atoms with van der Waals surface area (Å²) in [7, 11) is 0. The van der Waals surface area contributed by atoms with Crippen LogP contribution in [0.2, 0.25) is 10.0 Å². The van der Waals surface area contributed by atoms with Crippen LogP contribution in [0.3, 0.4) is 0 Å². The van der Waals surface area contributed by atoms with Crippen molar-refractivity contribution in [3.05, 3.63) is 82.1 Å². The quantitative estimate of drug-likeness (QED) is 0.307. The van der Waals surface area contributed by atoms with Gasteiger partial charge in [0.1, 0.15) is 5.65 Å². The Kier molecular flexibility index (Phi) is 4.96. The van der Waals surface area contributed by atoms with E-state index in [1.54, 1.807) is 42.4 Å². The van der Waals surface area contributed by atoms with E-state index in [9.17, 15) is 4.79 Å². The van der Waals surface area contributed by atoms with Crippen molar-refractivity contribution < 1.29 is 4.79 Å². The topological polar surface area (TPSA) is 45.8 Å². The number of ketones is 1. The monoisotopic (exact) mass is 412 g/mol. The molecule has 0 amide bonds. The molecule has 0 saturated carbocycles. The first-order valence-corrected chi connectivity index (χ1v) is 10.2. The van der Waals surface area contributed by atoms with Gasteiger partial charge in [-0.15, -0.1) is 11.8 Å². The van der Waals surface area contributed by atoms with Crippen LogP contribution in [-0.2, 0) is 0 Å². The normalized spacial score (nSPS) is 11.1. The Hall–Kier alpha value is -2.27. The van der Waals surface area contributed by atoms with Crippen molar-refractivity contribution in [1.29, 1.82) is 0 Å². The minimum atomic E-state index is -0.191. The number of nitrogens with zero attached hydrogens (tertiary/aromatic N) is 1. The van der Waals surface area contributed by atoms with E-state index in [0.717, 1.165) is 21.4 Å². The van der Waals surface area contributed by atoms with Gasteiger partial charge in [-0.1, -0.05) is 41.4 Å². The van der Waals surface area contributed by atoms with E-state index >= 15 is 0 Å². The highest BCUT2D eigenvalue weighted by atomic mass is 35.5. The summed E-state index contributed by atoms with van der Waals surface area (Å²) in [5.41, 5.74) is 3.52. The number of benzene rings is 2. The summed E-state index contributed by atoms with van der Waals surface area (Å²) >= 11 is 14.0. The predicted molar refractivity (Wildman–Crippen MR) is 113 cm³/mol. The third-order valence-electron chi connectivity index (χ3n) is 4.40. The summed E-state index contributed by atoms with van der Waals surface area (Å²) in [5.74, 6) is -0.191. The molecule has 0 saturated heterocycles. The molecule has 0 bridgehead atoms. The van der Waals surface area contributed by atoms with Crippen LogP contribution in [-0.4, -0.2) is 22.0 Å². The van der Waals surface area contributed by atoms with Crippen molar-refractivity contribution in [2.75, 3.05) is 6.26 Å². The standard InChI is InChI=1S/C21H14Cl2N2OS/c1-27-13-5-2-4-12(10-13)14-8-9-24-21-18(14)16(11-25-21)20(26)15-6-3-7-17(22)19(15)23/h2-11H,1H3,(H,24,25). The molecular formula is C21H14Cl2N2OS. The van der Waals surface area contributed by atoms with Gasteiger partial charge < -0.3 is 4.98 Å². The molecule has 4 rings (SSSR count). The number of thioether (sulfide) groups is 1. The minimum Gasteiger partial charge on any atom is -0.345 e. The van der Waals surface area contributed by atoms with E-state index < -0.39 is 0 Å². The Labute approximate surface area is 170 Å². The third-order valence-corrected chi connectivity index (χ3v) is 5.94. The Morgan fingerprint density at radius 2 is 1.89 bits per heavy atom. The summed E-state index contributed by atoms with van der Waals surface area (Å²) in [6, 6.07) is 15.2. The number of pyridine rings is 1. The zero-order valence-electron chi connectivity index (χ0n) is 14.3. The SMILES string of the molecule is CSc1cccc(-c2ccnc3[nH]cc(C(=O)c4cccc(Cl)c4Cl)c23)c1. The molecule has 0 aliphatic heterocycles. The van der Waals surface area contributed by atoms with E-state index in [2.05, 4.69) is 22.1 Å². The first-order valence-electron chi connectivity index (χ1n) is 8.19. The van der Waals surface area contributed by atoms with Crippen molar-refractivity contribution in [2.45, 2.75) is 4.90 Å². The third kappa shape index (κ3) is 3.25. The molecule has 2 aromatic heterocycles. The largest absolute Gasteiger partial charge is 0.345 e. The predicted octanol–water partition coefficient (Wildman–Crippen LogP) is 6.49. The van der Waals surface area contributed by atoms with Gasteiger partial charge in [0, 0.05) is 28.2 Å². The summed E-state index contributed by atoms with van der Waals surface area (Å²) in [4.78, 5) is 21.8. The van der Waals surface area contributed by atoms with E-state index in [-0.39, 0.29) is 10.8 Å². The molecule has 0 atom stereocenters. The number of nitrogens with one attached hydrogen (secondary N) is 1. The van der Waals surface area contributed by atoms with Gasteiger partial charge in [-0.3, -0.25) is 4.79 Å². The fourth-order valence-corrected chi connectivity index (χ4v) is 3.94. The second-order valence-electron chi connectivity index (χ2n) is 5.95. The zero-order valence-corrected chi connectivity index (χ0v) is 16.6. The number of hydrogen-bond donors (Lipinski definition) is 1. The van der Waals surface area contributed by atoms with Crippen molar-refractivity contribution in [3.8, 4) is 11.1 Å². The van der Waals surface area contributed by atoms with Gasteiger partial charge in [-0.25, -0.2) is 4.98 Å². The summed E-state index contributed by atoms with van der Waals surface area (Å²) in [6.45, 7) is 0. The molecule has 134 valence electrons. The van der Waals surface area contributed by atoms with Crippen LogP contribution in [0, 0.1) is 0 Å². The van der Waals surface area contributed by atoms with Crippen molar-refractivity contribution >= 4 is 51.8 Å². The molecule has 0 spiro atoms. The molecule has 27 heavy (non-hydrogen) atoms. The summed E-state index contributed by atoms with van der Waals surface area (Å²) in [5, 5.41) is 1.39. The highest BCUT2D eigenvalue weighted by Crippen LogP contribution is 2.34. The average molecular weight is 413 g/mol. The average Bonchev–Trinajstić information content (AvgIpc) is 3.14. The number of aromatic amines is 1. The number of hydrogen-bond acceptors (Lipinski definition) is 3. The van der Waals surface area contributed by atoms with Crippen LogP contribution in [0.25, 0.3) is 22.2 Å². The molecule has 3 nitrogen and oxygen atoms in total. The van der Waals surface area contributed by atoms with Gasteiger partial charge in [-0.05, 0) is 47.7 Å². The maximum atomic E-state index is 13.2. The molecule has 0 radical (unpaired) electrons. The van der Waals surface area contributed by atoms with Crippen LogP contribution < -0.4 is 0 Å². The van der Waals surface area contributed by atoms with Crippen molar-refractivity contribution in [3.63, 3.8) is 0 Å². The second-order valence-corrected chi connectivity index (χ2v) is 7.61. The number of halogens is 2. The first kappa shape index (κ1) is 18.1. The molecule has 0 aliphatic rings. The van der Waals surface area contributed by atoms with Gasteiger partial charge in [0.05, 0.1) is 15.6 Å². The van der Waals surface area contributed by atoms with Gasteiger partial charge in [0.25, 0.3) is 0 Å². The molecule has 0 aliphatic carbocycles. The molecular weight excluding hydrogens is 399 g/mol. The molecule has 2 heterocycles. The number of carbonyl (C=O) groups is 1. The van der Waals surface area contributed by atoms with Crippen LogP contribution >= 0.6 is 35.0 Å². The lowest BCUT2D eigenvalue weighted by molar-refractivity contribution is 0.104. The molecule has 0 fully saturated rings. The van der Waals surface area contributed by atoms with Crippen LogP contribution in [0.5, 0.6) is 0 Å². The highest BCUT2D eigenvalue weighted by Gasteiger charge is 2.21. The fourth-order valence-electron chi connectivity index (χ4n) is 3.09. The molecule has 0 unspecified atom stereocenters. The minimum absolute atomic E-state index is 0.191. The smallest absolute Gasteiger partial charge is 0.196 e. The van der Waals surface area contributed by atoms with E-state index in [1.165, 1.54) is 0 Å². The molecule has 1 N–H and O–H groups in total. The lowest BCUT2D eigenvalue weighted by atomic mass is 9.97. The fraction of sp³-hybridized carbons (Fsp3) is 0.0476. The van der Waals surface area contributed by atoms with Crippen LogP contribution in [0.4, 0.5) is 0 Å². The Bertz CT molecular complexity index is 1170. The molecule has 4 aromatic rings. The van der Waals surface area contributed by atoms with Crippen molar-refractivity contribution in [1.82, 2.24) is 9.97 Å². The highest BCUT2D eigenvalue weighted by molar-refractivity contribution is 7.98. The van der Waals surface area contributed by atoms with Crippen molar-refractivity contribution in [2.24, 2.45) is 0 Å². The van der Waals surface area contributed by atoms with Gasteiger partial charge in [0.2, 0.25) is 0 Å². The van der Waals surface area contributed by atoms with E-state index in [1.807, 2.05) is 24.5 Å². The van der Waals surface area contributed by atoms with Crippen LogP contribution in [0.15, 0.2) is 65.8 Å². The Morgan fingerprint density at radius 1 is 1.07 bits per heavy atom. The molecule has 6 heteroatoms. The molecule has 2 aromatic carbocycles. The lowest BCUT2D eigenvalue weighted by Gasteiger charge is -2.08. The van der Waals surface area contributed by atoms with E-state index in [4.69, 9.17) is 23.2 Å². The zero-order chi connectivity index (χ0) is 19.0. The summed E-state index contributed by atoms with van der Waals surface area (Å²) in [6.07, 6.45) is 5.45. The maximum Gasteiger partial charge on any atom is 0.196 e. The maximum absolute atomic E-state index is 13.2. The summed E-state index contributed by atoms with van der Waals surface area (Å²) < 4.78 is 0. The Morgan fingerprint density at radius 3 is 2.70 bits per heavy atom. The van der Waals surface area contributed by atoms with Gasteiger partial charge in [-0.2, -0.15) is 0 Å². The number of fused-ring (bicyclic) bond motifs is 1. The van der Waals surface area contributed by atoms with Crippen LogP contribution in [0.1, 0.15) is 15.9 Å². The number of aromatic nitrogens is 2. The van der Waals surface area contributed by atoms with Gasteiger partial charge in [0.15, 0.2) is 5.78 Å². The number of carbonyl (C=O) groups excluding carboxylic acids is 1. The number of H-pyrrole nitrogens is 1. The van der Waals surface area contributed by atoms with E-state index in [0.29, 0.717) is 21.8 Å².